The van der Waals surface area contributed by atoms with Crippen molar-refractivity contribution in [1.82, 2.24) is 4.90 Å². The molecule has 2 heterocycles. The number of rotatable bonds is 2. The lowest BCUT2D eigenvalue weighted by molar-refractivity contribution is -0.143. The van der Waals surface area contributed by atoms with Crippen molar-refractivity contribution in [2.45, 2.75) is 25.4 Å². The van der Waals surface area contributed by atoms with Crippen LogP contribution in [-0.4, -0.2) is 41.2 Å². The van der Waals surface area contributed by atoms with Crippen LogP contribution in [0.2, 0.25) is 0 Å². The molecule has 0 aromatic heterocycles. The smallest absolute Gasteiger partial charge is 0.289 e. The van der Waals surface area contributed by atoms with Gasteiger partial charge in [0.15, 0.2) is 5.76 Å². The summed E-state index contributed by atoms with van der Waals surface area (Å²) in [5.74, 6) is -0.362. The molecule has 2 rings (SSSR count). The molecule has 1 unspecified atom stereocenters. The van der Waals surface area contributed by atoms with Crippen LogP contribution in [0.3, 0.4) is 0 Å². The second kappa shape index (κ2) is 3.03. The fraction of sp³-hybridized carbons (Fsp3) is 0.667. The molecule has 0 aromatic carbocycles. The van der Waals surface area contributed by atoms with Crippen molar-refractivity contribution < 1.29 is 14.6 Å². The summed E-state index contributed by atoms with van der Waals surface area (Å²) in [5.41, 5.74) is 0. The highest BCUT2D eigenvalue weighted by Gasteiger charge is 2.39. The zero-order valence-corrected chi connectivity index (χ0v) is 7.56. The Labute approximate surface area is 76.8 Å². The molecule has 72 valence electrons. The van der Waals surface area contributed by atoms with Crippen molar-refractivity contribution in [2.24, 2.45) is 0 Å². The highest BCUT2D eigenvalue weighted by atomic mass is 16.5. The van der Waals surface area contributed by atoms with E-state index in [1.807, 2.05) is 6.92 Å². The van der Waals surface area contributed by atoms with E-state index in [1.165, 1.54) is 0 Å². The summed E-state index contributed by atoms with van der Waals surface area (Å²) in [7, 11) is 0. The number of aliphatic hydroxyl groups excluding tert-OH is 1. The van der Waals surface area contributed by atoms with Gasteiger partial charge in [-0.1, -0.05) is 6.92 Å². The van der Waals surface area contributed by atoms with E-state index >= 15 is 0 Å². The molecule has 0 radical (unpaired) electrons. The molecule has 1 N–H and O–H groups in total. The molecule has 0 saturated carbocycles. The average molecular weight is 183 g/mol. The van der Waals surface area contributed by atoms with Gasteiger partial charge in [0.05, 0.1) is 25.3 Å². The van der Waals surface area contributed by atoms with Gasteiger partial charge in [-0.3, -0.25) is 4.79 Å². The lowest BCUT2D eigenvalue weighted by atomic mass is 10.1. The minimum atomic E-state index is -0.250. The molecule has 4 heteroatoms. The summed E-state index contributed by atoms with van der Waals surface area (Å²) in [5, 5.41) is 9.27. The van der Waals surface area contributed by atoms with Crippen LogP contribution in [0.25, 0.3) is 0 Å². The van der Waals surface area contributed by atoms with Crippen molar-refractivity contribution in [3.63, 3.8) is 0 Å². The van der Waals surface area contributed by atoms with Gasteiger partial charge in [0, 0.05) is 0 Å². The van der Waals surface area contributed by atoms with Gasteiger partial charge >= 0.3 is 0 Å². The van der Waals surface area contributed by atoms with Crippen LogP contribution in [0, 0.1) is 0 Å². The van der Waals surface area contributed by atoms with E-state index in [2.05, 4.69) is 0 Å². The molecule has 1 saturated heterocycles. The van der Waals surface area contributed by atoms with Gasteiger partial charge < -0.3 is 14.7 Å². The van der Waals surface area contributed by atoms with Crippen molar-refractivity contribution >= 4 is 5.91 Å². The van der Waals surface area contributed by atoms with Crippen molar-refractivity contribution in [1.29, 1.82) is 0 Å². The number of hydrogen-bond donors (Lipinski definition) is 1. The lowest BCUT2D eigenvalue weighted by Gasteiger charge is -2.37. The van der Waals surface area contributed by atoms with Crippen LogP contribution in [-0.2, 0) is 9.53 Å². The van der Waals surface area contributed by atoms with Crippen LogP contribution in [0.1, 0.15) is 13.3 Å². The maximum absolute atomic E-state index is 11.5. The largest absolute Gasteiger partial charge is 0.503 e. The number of amides is 1. The third kappa shape index (κ3) is 1.21. The number of carbonyl (C=O) groups excluding carboxylic acids is 1. The second-order valence-electron chi connectivity index (χ2n) is 3.43. The summed E-state index contributed by atoms with van der Waals surface area (Å²) in [6, 6.07) is 0.222. The van der Waals surface area contributed by atoms with Gasteiger partial charge in [0.1, 0.15) is 0 Å². The molecular formula is C9H13NO3. The van der Waals surface area contributed by atoms with Crippen LogP contribution >= 0.6 is 0 Å². The molecule has 4 nitrogen and oxygen atoms in total. The standard InChI is InChI=1S/C9H13NO3/c1-2-6-3-8(11)9(12)10(6)7-4-13-5-7/h3,6-7,11H,2,4-5H2,1H3. The maximum atomic E-state index is 11.5. The predicted molar refractivity (Wildman–Crippen MR) is 46.2 cm³/mol. The molecule has 0 aliphatic carbocycles. The third-order valence-corrected chi connectivity index (χ3v) is 2.59. The molecule has 2 aliphatic heterocycles. The first-order chi connectivity index (χ1) is 6.24. The zero-order chi connectivity index (χ0) is 9.42. The maximum Gasteiger partial charge on any atom is 0.289 e. The van der Waals surface area contributed by atoms with Crippen LogP contribution in [0.15, 0.2) is 11.8 Å². The monoisotopic (exact) mass is 183 g/mol. The molecule has 0 aromatic rings. The minimum Gasteiger partial charge on any atom is -0.503 e. The Morgan fingerprint density at radius 1 is 1.69 bits per heavy atom. The van der Waals surface area contributed by atoms with E-state index < -0.39 is 0 Å². The van der Waals surface area contributed by atoms with Crippen LogP contribution in [0.5, 0.6) is 0 Å². The molecule has 1 fully saturated rings. The van der Waals surface area contributed by atoms with Crippen molar-refractivity contribution in [2.75, 3.05) is 13.2 Å². The Morgan fingerprint density at radius 2 is 2.38 bits per heavy atom. The predicted octanol–water partition coefficient (Wildman–Crippen LogP) is 0.448. The Bertz CT molecular complexity index is 258. The van der Waals surface area contributed by atoms with Crippen LogP contribution < -0.4 is 0 Å². The average Bonchev–Trinajstić information content (AvgIpc) is 2.29. The van der Waals surface area contributed by atoms with E-state index in [0.29, 0.717) is 13.2 Å². The van der Waals surface area contributed by atoms with Gasteiger partial charge in [-0.25, -0.2) is 0 Å². The lowest BCUT2D eigenvalue weighted by Crippen LogP contribution is -2.53. The normalized spacial score (nSPS) is 29.0. The SMILES string of the molecule is CCC1C=C(O)C(=O)N1C1COC1. The highest BCUT2D eigenvalue weighted by Crippen LogP contribution is 2.24. The van der Waals surface area contributed by atoms with Crippen LogP contribution in [0.4, 0.5) is 0 Å². The molecule has 1 amide bonds. The molecule has 2 aliphatic rings. The van der Waals surface area contributed by atoms with E-state index in [1.54, 1.807) is 11.0 Å². The number of aliphatic hydroxyl groups is 1. The molecular weight excluding hydrogens is 170 g/mol. The fourth-order valence-electron chi connectivity index (χ4n) is 1.75. The Morgan fingerprint density at radius 3 is 2.85 bits per heavy atom. The minimum absolute atomic E-state index is 0.0569. The Kier molecular flexibility index (Phi) is 2.00. The topological polar surface area (TPSA) is 49.8 Å². The first kappa shape index (κ1) is 8.56. The van der Waals surface area contributed by atoms with E-state index in [4.69, 9.17) is 4.74 Å². The van der Waals surface area contributed by atoms with Gasteiger partial charge in [-0.05, 0) is 12.5 Å². The van der Waals surface area contributed by atoms with Gasteiger partial charge in [-0.2, -0.15) is 0 Å². The molecule has 13 heavy (non-hydrogen) atoms. The molecule has 1 atom stereocenters. The van der Waals surface area contributed by atoms with E-state index in [0.717, 1.165) is 6.42 Å². The fourth-order valence-corrected chi connectivity index (χ4v) is 1.75. The highest BCUT2D eigenvalue weighted by molar-refractivity contribution is 5.94. The number of nitrogens with zero attached hydrogens (tertiary/aromatic N) is 1. The van der Waals surface area contributed by atoms with Gasteiger partial charge in [0.2, 0.25) is 0 Å². The summed E-state index contributed by atoms with van der Waals surface area (Å²) < 4.78 is 5.03. The molecule has 0 spiro atoms. The Balaban J connectivity index is 2.13. The summed E-state index contributed by atoms with van der Waals surface area (Å²) in [6.07, 6.45) is 2.47. The third-order valence-electron chi connectivity index (χ3n) is 2.59. The summed E-state index contributed by atoms with van der Waals surface area (Å²) in [6.45, 7) is 3.20. The zero-order valence-electron chi connectivity index (χ0n) is 7.56. The summed E-state index contributed by atoms with van der Waals surface area (Å²) in [4.78, 5) is 13.2. The molecule has 0 bridgehead atoms. The summed E-state index contributed by atoms with van der Waals surface area (Å²) >= 11 is 0. The number of ether oxygens (including phenoxy) is 1. The Hall–Kier alpha value is -1.03. The van der Waals surface area contributed by atoms with Crippen molar-refractivity contribution in [3.8, 4) is 0 Å². The number of hydrogen-bond acceptors (Lipinski definition) is 3. The van der Waals surface area contributed by atoms with E-state index in [9.17, 15) is 9.90 Å². The van der Waals surface area contributed by atoms with E-state index in [-0.39, 0.29) is 23.8 Å². The first-order valence-corrected chi connectivity index (χ1v) is 4.55. The van der Waals surface area contributed by atoms with Crippen molar-refractivity contribution in [3.05, 3.63) is 11.8 Å². The first-order valence-electron chi connectivity index (χ1n) is 4.55. The van der Waals surface area contributed by atoms with Gasteiger partial charge in [-0.15, -0.1) is 0 Å². The number of carbonyl (C=O) groups is 1. The van der Waals surface area contributed by atoms with Gasteiger partial charge in [0.25, 0.3) is 5.91 Å². The second-order valence-corrected chi connectivity index (χ2v) is 3.43. The quantitative estimate of drug-likeness (QED) is 0.676.